The number of aromatic hydroxyl groups is 1. The van der Waals surface area contributed by atoms with Crippen LogP contribution in [-0.2, 0) is 0 Å². The van der Waals surface area contributed by atoms with Gasteiger partial charge in [0.2, 0.25) is 0 Å². The minimum absolute atomic E-state index is 0. The largest absolute Gasteiger partial charge is 0.507 e. The van der Waals surface area contributed by atoms with Crippen molar-refractivity contribution in [1.82, 2.24) is 15.3 Å². The van der Waals surface area contributed by atoms with E-state index in [-0.39, 0.29) is 36.6 Å². The fraction of sp³-hybridized carbons (Fsp3) is 0.375. The van der Waals surface area contributed by atoms with Gasteiger partial charge in [-0.05, 0) is 25.5 Å². The number of hydrogen-bond acceptors (Lipinski definition) is 5. The summed E-state index contributed by atoms with van der Waals surface area (Å²) in [5.74, 6) is 1.30. The molecule has 1 aliphatic rings. The van der Waals surface area contributed by atoms with E-state index in [1.807, 2.05) is 19.1 Å². The molecule has 2 aromatic rings. The van der Waals surface area contributed by atoms with Gasteiger partial charge in [-0.25, -0.2) is 14.4 Å². The smallest absolute Gasteiger partial charge is 0.165 e. The molecule has 3 rings (SSSR count). The minimum Gasteiger partial charge on any atom is -0.507 e. The summed E-state index contributed by atoms with van der Waals surface area (Å²) in [7, 11) is 0. The van der Waals surface area contributed by atoms with Crippen LogP contribution in [0.25, 0.3) is 11.4 Å². The number of para-hydroxylation sites is 1. The molecule has 1 fully saturated rings. The van der Waals surface area contributed by atoms with Crippen LogP contribution in [0.3, 0.4) is 0 Å². The first-order valence-corrected chi connectivity index (χ1v) is 7.37. The maximum Gasteiger partial charge on any atom is 0.165 e. The van der Waals surface area contributed by atoms with Gasteiger partial charge in [0.1, 0.15) is 17.7 Å². The number of nitrogens with zero attached hydrogens (tertiary/aromatic N) is 2. The first kappa shape index (κ1) is 20.4. The first-order chi connectivity index (χ1) is 10.6. The molecule has 0 unspecified atom stereocenters. The number of benzene rings is 1. The lowest BCUT2D eigenvalue weighted by Crippen LogP contribution is -2.29. The number of halogens is 3. The van der Waals surface area contributed by atoms with Crippen LogP contribution in [0.5, 0.6) is 5.75 Å². The van der Waals surface area contributed by atoms with Crippen LogP contribution in [-0.4, -0.2) is 40.4 Å². The number of phenols is 1. The van der Waals surface area contributed by atoms with Crippen LogP contribution < -0.4 is 10.6 Å². The van der Waals surface area contributed by atoms with E-state index >= 15 is 0 Å². The molecule has 1 aliphatic heterocycles. The van der Waals surface area contributed by atoms with Gasteiger partial charge in [0, 0.05) is 30.9 Å². The molecule has 0 aliphatic carbocycles. The lowest BCUT2D eigenvalue weighted by molar-refractivity contribution is 0.356. The molecule has 1 saturated heterocycles. The number of rotatable bonds is 4. The van der Waals surface area contributed by atoms with Crippen LogP contribution in [0.1, 0.15) is 12.1 Å². The Hall–Kier alpha value is -1.63. The van der Waals surface area contributed by atoms with E-state index in [2.05, 4.69) is 20.6 Å². The maximum atomic E-state index is 13.1. The molecule has 2 heterocycles. The predicted octanol–water partition coefficient (Wildman–Crippen LogP) is 3.11. The van der Waals surface area contributed by atoms with Crippen LogP contribution >= 0.6 is 24.8 Å². The number of aryl methyl sites for hydroxylation is 1. The minimum atomic E-state index is -0.768. The Balaban J connectivity index is 0.00000144. The van der Waals surface area contributed by atoms with Crippen molar-refractivity contribution in [2.75, 3.05) is 18.4 Å². The Kier molecular flexibility index (Phi) is 7.66. The number of nitrogens with one attached hydrogen (secondary N) is 2. The third-order valence-corrected chi connectivity index (χ3v) is 3.70. The number of alkyl halides is 1. The van der Waals surface area contributed by atoms with Gasteiger partial charge < -0.3 is 15.7 Å². The first-order valence-electron chi connectivity index (χ1n) is 7.37. The molecule has 3 N–H and O–H groups in total. The standard InChI is InChI=1S/C16H19FN4O.2ClH/c1-10-6-15(19-9-12-7-11(17)8-18-12)21-16(20-10)13-4-2-3-5-14(13)22;;/h2-6,11-12,18,22H,7-9H2,1H3,(H,19,20,21);2*1H/t11-,12-;;/m0../s1. The van der Waals surface area contributed by atoms with Gasteiger partial charge in [0.25, 0.3) is 0 Å². The average molecular weight is 375 g/mol. The summed E-state index contributed by atoms with van der Waals surface area (Å²) in [6.45, 7) is 2.90. The Bertz CT molecular complexity index is 674. The predicted molar refractivity (Wildman–Crippen MR) is 98.2 cm³/mol. The van der Waals surface area contributed by atoms with Gasteiger partial charge in [0.15, 0.2) is 5.82 Å². The van der Waals surface area contributed by atoms with Crippen molar-refractivity contribution in [3.63, 3.8) is 0 Å². The second-order valence-electron chi connectivity index (χ2n) is 5.55. The highest BCUT2D eigenvalue weighted by Crippen LogP contribution is 2.26. The molecule has 132 valence electrons. The summed E-state index contributed by atoms with van der Waals surface area (Å²) in [6, 6.07) is 8.92. The van der Waals surface area contributed by atoms with Crippen molar-refractivity contribution in [2.45, 2.75) is 25.6 Å². The van der Waals surface area contributed by atoms with Crippen LogP contribution in [0.4, 0.5) is 10.2 Å². The summed E-state index contributed by atoms with van der Waals surface area (Å²) < 4.78 is 13.1. The summed E-state index contributed by atoms with van der Waals surface area (Å²) in [5.41, 5.74) is 1.40. The lowest BCUT2D eigenvalue weighted by Gasteiger charge is -2.13. The van der Waals surface area contributed by atoms with Gasteiger partial charge in [0.05, 0.1) is 5.56 Å². The van der Waals surface area contributed by atoms with Gasteiger partial charge in [-0.15, -0.1) is 24.8 Å². The summed E-state index contributed by atoms with van der Waals surface area (Å²) in [4.78, 5) is 8.81. The zero-order valence-electron chi connectivity index (χ0n) is 13.2. The Morgan fingerprint density at radius 3 is 2.71 bits per heavy atom. The molecule has 5 nitrogen and oxygen atoms in total. The van der Waals surface area contributed by atoms with Crippen molar-refractivity contribution in [2.24, 2.45) is 0 Å². The topological polar surface area (TPSA) is 70.1 Å². The highest BCUT2D eigenvalue weighted by molar-refractivity contribution is 5.85. The van der Waals surface area contributed by atoms with Gasteiger partial charge in [-0.3, -0.25) is 0 Å². The van der Waals surface area contributed by atoms with Crippen molar-refractivity contribution in [1.29, 1.82) is 0 Å². The quantitative estimate of drug-likeness (QED) is 0.766. The third-order valence-electron chi connectivity index (χ3n) is 3.70. The zero-order chi connectivity index (χ0) is 15.5. The number of hydrogen-bond donors (Lipinski definition) is 3. The van der Waals surface area contributed by atoms with Crippen LogP contribution in [0.2, 0.25) is 0 Å². The van der Waals surface area contributed by atoms with Gasteiger partial charge in [-0.1, -0.05) is 12.1 Å². The molecule has 0 radical (unpaired) electrons. The highest BCUT2D eigenvalue weighted by Gasteiger charge is 2.23. The van der Waals surface area contributed by atoms with Crippen LogP contribution in [0.15, 0.2) is 30.3 Å². The Morgan fingerprint density at radius 2 is 2.04 bits per heavy atom. The van der Waals surface area contributed by atoms with E-state index in [0.717, 1.165) is 5.69 Å². The average Bonchev–Trinajstić information content (AvgIpc) is 2.91. The lowest BCUT2D eigenvalue weighted by atomic mass is 10.2. The van der Waals surface area contributed by atoms with Gasteiger partial charge in [-0.2, -0.15) is 0 Å². The fourth-order valence-electron chi connectivity index (χ4n) is 2.60. The number of phenolic OH excluding ortho intramolecular Hbond substituents is 1. The molecule has 8 heteroatoms. The normalized spacial score (nSPS) is 19.2. The van der Waals surface area contributed by atoms with Crippen molar-refractivity contribution in [3.05, 3.63) is 36.0 Å². The van der Waals surface area contributed by atoms with Crippen molar-refractivity contribution < 1.29 is 9.50 Å². The van der Waals surface area contributed by atoms with Crippen LogP contribution in [0, 0.1) is 6.92 Å². The molecule has 1 aromatic heterocycles. The molecule has 0 spiro atoms. The third kappa shape index (κ3) is 4.93. The molecule has 2 atom stereocenters. The molecule has 1 aromatic carbocycles. The molecular weight excluding hydrogens is 354 g/mol. The van der Waals surface area contributed by atoms with E-state index in [0.29, 0.717) is 36.7 Å². The van der Waals surface area contributed by atoms with E-state index in [9.17, 15) is 9.50 Å². The molecular formula is C16H21Cl2FN4O. The monoisotopic (exact) mass is 374 g/mol. The second kappa shape index (κ2) is 9.01. The summed E-state index contributed by atoms with van der Waals surface area (Å²) >= 11 is 0. The SMILES string of the molecule is Cc1cc(NC[C@@H]2C[C@H](F)CN2)nc(-c2ccccc2O)n1.Cl.Cl. The Morgan fingerprint density at radius 1 is 1.29 bits per heavy atom. The molecule has 0 amide bonds. The second-order valence-corrected chi connectivity index (χ2v) is 5.55. The zero-order valence-corrected chi connectivity index (χ0v) is 14.8. The maximum absolute atomic E-state index is 13.1. The highest BCUT2D eigenvalue weighted by atomic mass is 35.5. The fourth-order valence-corrected chi connectivity index (χ4v) is 2.60. The van der Waals surface area contributed by atoms with E-state index in [1.54, 1.807) is 18.2 Å². The summed E-state index contributed by atoms with van der Waals surface area (Å²) in [5, 5.41) is 16.3. The van der Waals surface area contributed by atoms with E-state index < -0.39 is 6.17 Å². The Labute approximate surface area is 152 Å². The molecule has 0 bridgehead atoms. The van der Waals surface area contributed by atoms with E-state index in [4.69, 9.17) is 0 Å². The van der Waals surface area contributed by atoms with Crippen molar-refractivity contribution in [3.8, 4) is 17.1 Å². The number of aromatic nitrogens is 2. The van der Waals surface area contributed by atoms with Gasteiger partial charge >= 0.3 is 0 Å². The van der Waals surface area contributed by atoms with E-state index in [1.165, 1.54) is 0 Å². The molecule has 0 saturated carbocycles. The molecule has 24 heavy (non-hydrogen) atoms. The number of anilines is 1. The summed E-state index contributed by atoms with van der Waals surface area (Å²) in [6.07, 6.45) is -0.251. The van der Waals surface area contributed by atoms with Crippen molar-refractivity contribution >= 4 is 30.6 Å².